The third-order valence-corrected chi connectivity index (χ3v) is 5.86. The summed E-state index contributed by atoms with van der Waals surface area (Å²) in [6, 6.07) is 1.79. The predicted molar refractivity (Wildman–Crippen MR) is 103 cm³/mol. The van der Waals surface area contributed by atoms with E-state index >= 15 is 0 Å². The fraction of sp³-hybridized carbons (Fsp3) is 0.579. The molecular weight excluding hydrogens is 358 g/mol. The van der Waals surface area contributed by atoms with Crippen molar-refractivity contribution < 1.29 is 9.59 Å². The largest absolute Gasteiger partial charge is 0.332 e. The molecule has 2 aromatic rings. The van der Waals surface area contributed by atoms with E-state index in [4.69, 9.17) is 5.10 Å². The summed E-state index contributed by atoms with van der Waals surface area (Å²) in [5, 5.41) is 9.03. The topological polar surface area (TPSA) is 79.5 Å². The number of piperidine rings is 1. The number of carbonyl (C=O) groups is 2. The molecule has 1 spiro atoms. The molecule has 2 aromatic heterocycles. The minimum atomic E-state index is -0.220. The SMILES string of the molecule is CN(C)C(=O)N1CCC2(CC1)CN(C(=O)c1ccn(C)n1)Cc1cn(C)nc12. The highest BCUT2D eigenvalue weighted by atomic mass is 16.2. The summed E-state index contributed by atoms with van der Waals surface area (Å²) < 4.78 is 3.48. The van der Waals surface area contributed by atoms with Crippen molar-refractivity contribution in [3.63, 3.8) is 0 Å². The van der Waals surface area contributed by atoms with E-state index in [0.29, 0.717) is 31.9 Å². The second-order valence-electron chi connectivity index (χ2n) is 8.16. The molecule has 3 amide bonds. The Morgan fingerprint density at radius 2 is 1.79 bits per heavy atom. The second kappa shape index (κ2) is 6.65. The van der Waals surface area contributed by atoms with Crippen molar-refractivity contribution in [3.05, 3.63) is 35.4 Å². The van der Waals surface area contributed by atoms with Gasteiger partial charge in [-0.2, -0.15) is 10.2 Å². The number of hydrogen-bond donors (Lipinski definition) is 0. The molecule has 2 aliphatic heterocycles. The molecule has 0 unspecified atom stereocenters. The maximum atomic E-state index is 13.1. The lowest BCUT2D eigenvalue weighted by Crippen LogP contribution is -2.55. The number of aromatic nitrogens is 4. The average molecular weight is 385 g/mol. The van der Waals surface area contributed by atoms with Gasteiger partial charge < -0.3 is 14.7 Å². The Balaban J connectivity index is 1.61. The van der Waals surface area contributed by atoms with Crippen LogP contribution >= 0.6 is 0 Å². The second-order valence-corrected chi connectivity index (χ2v) is 8.16. The van der Waals surface area contributed by atoms with E-state index < -0.39 is 0 Å². The van der Waals surface area contributed by atoms with Crippen LogP contribution in [0.2, 0.25) is 0 Å². The Morgan fingerprint density at radius 1 is 1.07 bits per heavy atom. The first kappa shape index (κ1) is 18.5. The number of rotatable bonds is 1. The summed E-state index contributed by atoms with van der Waals surface area (Å²) in [5.41, 5.74) is 2.41. The molecule has 9 nitrogen and oxygen atoms in total. The number of urea groups is 1. The van der Waals surface area contributed by atoms with Gasteiger partial charge in [-0.3, -0.25) is 14.2 Å². The van der Waals surface area contributed by atoms with Crippen molar-refractivity contribution in [2.24, 2.45) is 14.1 Å². The number of carbonyl (C=O) groups excluding carboxylic acids is 2. The Bertz CT molecular complexity index is 905. The molecule has 0 atom stereocenters. The quantitative estimate of drug-likeness (QED) is 0.728. The van der Waals surface area contributed by atoms with Crippen molar-refractivity contribution in [2.75, 3.05) is 33.7 Å². The van der Waals surface area contributed by atoms with Crippen LogP contribution in [0.4, 0.5) is 4.79 Å². The van der Waals surface area contributed by atoms with Crippen LogP contribution in [-0.2, 0) is 26.1 Å². The van der Waals surface area contributed by atoms with E-state index in [2.05, 4.69) is 5.10 Å². The fourth-order valence-electron chi connectivity index (χ4n) is 4.44. The monoisotopic (exact) mass is 385 g/mol. The summed E-state index contributed by atoms with van der Waals surface area (Å²) in [4.78, 5) is 30.8. The molecule has 9 heteroatoms. The third-order valence-electron chi connectivity index (χ3n) is 5.86. The Morgan fingerprint density at radius 3 is 2.39 bits per heavy atom. The first-order valence-electron chi connectivity index (χ1n) is 9.57. The van der Waals surface area contributed by atoms with Crippen LogP contribution in [0, 0.1) is 0 Å². The van der Waals surface area contributed by atoms with Gasteiger partial charge >= 0.3 is 6.03 Å². The average Bonchev–Trinajstić information content (AvgIpc) is 3.26. The zero-order valence-corrected chi connectivity index (χ0v) is 16.9. The van der Waals surface area contributed by atoms with Gasteiger partial charge in [0.25, 0.3) is 5.91 Å². The van der Waals surface area contributed by atoms with Crippen molar-refractivity contribution in [1.82, 2.24) is 34.3 Å². The number of nitrogens with zero attached hydrogens (tertiary/aromatic N) is 7. The van der Waals surface area contributed by atoms with Gasteiger partial charge in [0.05, 0.1) is 5.69 Å². The molecular formula is C19H27N7O2. The maximum absolute atomic E-state index is 13.1. The predicted octanol–water partition coefficient (Wildman–Crippen LogP) is 0.825. The number of likely N-dealkylation sites (tertiary alicyclic amines) is 1. The summed E-state index contributed by atoms with van der Waals surface area (Å²) in [6.45, 7) is 2.48. The van der Waals surface area contributed by atoms with Gasteiger partial charge in [-0.15, -0.1) is 0 Å². The highest BCUT2D eigenvalue weighted by molar-refractivity contribution is 5.92. The maximum Gasteiger partial charge on any atom is 0.319 e. The van der Waals surface area contributed by atoms with E-state index in [-0.39, 0.29) is 17.4 Å². The van der Waals surface area contributed by atoms with Crippen molar-refractivity contribution in [3.8, 4) is 0 Å². The van der Waals surface area contributed by atoms with Gasteiger partial charge in [0.15, 0.2) is 0 Å². The summed E-state index contributed by atoms with van der Waals surface area (Å²) in [7, 11) is 7.28. The van der Waals surface area contributed by atoms with Crippen molar-refractivity contribution >= 4 is 11.9 Å². The molecule has 1 fully saturated rings. The molecule has 28 heavy (non-hydrogen) atoms. The minimum absolute atomic E-state index is 0.0355. The fourth-order valence-corrected chi connectivity index (χ4v) is 4.44. The van der Waals surface area contributed by atoms with E-state index in [1.54, 1.807) is 35.9 Å². The van der Waals surface area contributed by atoms with Gasteiger partial charge in [0.1, 0.15) is 5.69 Å². The van der Waals surface area contributed by atoms with Crippen LogP contribution in [0.1, 0.15) is 34.6 Å². The van der Waals surface area contributed by atoms with Gasteiger partial charge in [0.2, 0.25) is 0 Å². The minimum Gasteiger partial charge on any atom is -0.332 e. The number of amides is 3. The Labute approximate surface area is 164 Å². The third kappa shape index (κ3) is 3.04. The molecule has 0 saturated carbocycles. The van der Waals surface area contributed by atoms with Crippen LogP contribution in [0.25, 0.3) is 0 Å². The van der Waals surface area contributed by atoms with Gasteiger partial charge in [-0.1, -0.05) is 0 Å². The van der Waals surface area contributed by atoms with E-state index in [0.717, 1.165) is 24.1 Å². The van der Waals surface area contributed by atoms with Crippen LogP contribution < -0.4 is 0 Å². The first-order chi connectivity index (χ1) is 13.3. The van der Waals surface area contributed by atoms with Crippen LogP contribution in [0.5, 0.6) is 0 Å². The van der Waals surface area contributed by atoms with Crippen molar-refractivity contribution in [1.29, 1.82) is 0 Å². The first-order valence-corrected chi connectivity index (χ1v) is 9.57. The lowest BCUT2D eigenvalue weighted by atomic mass is 9.72. The normalized spacial score (nSPS) is 18.3. The summed E-state index contributed by atoms with van der Waals surface area (Å²) in [6.07, 6.45) is 5.38. The molecule has 0 N–H and O–H groups in total. The zero-order chi connectivity index (χ0) is 20.1. The Hall–Kier alpha value is -2.84. The van der Waals surface area contributed by atoms with Gasteiger partial charge in [-0.05, 0) is 18.9 Å². The molecule has 150 valence electrons. The lowest BCUT2D eigenvalue weighted by Gasteiger charge is -2.46. The zero-order valence-electron chi connectivity index (χ0n) is 16.9. The number of hydrogen-bond acceptors (Lipinski definition) is 4. The summed E-state index contributed by atoms with van der Waals surface area (Å²) in [5.74, 6) is -0.0544. The standard InChI is InChI=1S/C19H27N7O2/c1-22(2)18(28)25-9-6-19(7-10-25)13-26(12-14-11-24(4)21-16(14)19)17(27)15-5-8-23(3)20-15/h5,8,11H,6-7,9-10,12-13H2,1-4H3. The molecule has 0 bridgehead atoms. The van der Waals surface area contributed by atoms with Gasteiger partial charge in [0, 0.05) is 77.7 Å². The van der Waals surface area contributed by atoms with Crippen LogP contribution in [-0.4, -0.2) is 79.9 Å². The number of fused-ring (bicyclic) bond motifs is 2. The molecule has 0 aliphatic carbocycles. The smallest absolute Gasteiger partial charge is 0.319 e. The van der Waals surface area contributed by atoms with E-state index in [1.165, 1.54) is 0 Å². The Kier molecular flexibility index (Phi) is 4.40. The molecule has 2 aliphatic rings. The highest BCUT2D eigenvalue weighted by Crippen LogP contribution is 2.41. The van der Waals surface area contributed by atoms with Crippen molar-refractivity contribution in [2.45, 2.75) is 24.8 Å². The molecule has 1 saturated heterocycles. The molecule has 0 aromatic carbocycles. The summed E-state index contributed by atoms with van der Waals surface area (Å²) >= 11 is 0. The molecule has 4 heterocycles. The lowest BCUT2D eigenvalue weighted by molar-refractivity contribution is 0.0578. The highest BCUT2D eigenvalue weighted by Gasteiger charge is 2.46. The van der Waals surface area contributed by atoms with E-state index in [1.807, 2.05) is 34.8 Å². The molecule has 4 rings (SSSR count). The molecule has 0 radical (unpaired) electrons. The van der Waals surface area contributed by atoms with Crippen LogP contribution in [0.15, 0.2) is 18.5 Å². The number of aryl methyl sites for hydroxylation is 2. The van der Waals surface area contributed by atoms with Gasteiger partial charge in [-0.25, -0.2) is 4.79 Å². The van der Waals surface area contributed by atoms with Crippen LogP contribution in [0.3, 0.4) is 0 Å². The van der Waals surface area contributed by atoms with E-state index in [9.17, 15) is 9.59 Å².